The second-order valence-electron chi connectivity index (χ2n) is 6.23. The maximum atomic E-state index is 13.6. The van der Waals surface area contributed by atoms with E-state index in [-0.39, 0.29) is 29.6 Å². The van der Waals surface area contributed by atoms with E-state index in [0.29, 0.717) is 5.56 Å². The molecule has 1 aliphatic rings. The molecule has 2 rings (SSSR count). The molecule has 0 spiro atoms. The summed E-state index contributed by atoms with van der Waals surface area (Å²) in [5, 5.41) is 13.4. The topological polar surface area (TPSA) is 35.5 Å². The normalized spacial score (nSPS) is 18.4. The number of nitrogens with one attached hydrogen (secondary N) is 1. The van der Waals surface area contributed by atoms with Crippen LogP contribution in [0.5, 0.6) is 5.75 Å². The highest BCUT2D eigenvalue weighted by atomic mass is 35.5. The van der Waals surface area contributed by atoms with Crippen molar-refractivity contribution in [1.82, 2.24) is 10.2 Å². The molecule has 20 heavy (non-hydrogen) atoms. The van der Waals surface area contributed by atoms with E-state index in [0.717, 1.165) is 26.2 Å². The van der Waals surface area contributed by atoms with E-state index in [1.54, 1.807) is 6.07 Å². The highest BCUT2D eigenvalue weighted by Gasteiger charge is 2.34. The van der Waals surface area contributed by atoms with Gasteiger partial charge in [-0.1, -0.05) is 32.9 Å². The SMILES string of the molecule is CC(C)(C)[C@H](c1cccc(F)c1O)N1CCNCC1.Cl. The molecule has 114 valence electrons. The number of halogens is 2. The molecule has 0 saturated carbocycles. The lowest BCUT2D eigenvalue weighted by Gasteiger charge is -2.42. The van der Waals surface area contributed by atoms with Crippen LogP contribution in [0.25, 0.3) is 0 Å². The molecule has 1 atom stereocenters. The Morgan fingerprint density at radius 1 is 1.25 bits per heavy atom. The number of phenolic OH excluding ortho intramolecular Hbond substituents is 1. The minimum absolute atomic E-state index is 0. The predicted molar refractivity (Wildman–Crippen MR) is 82.0 cm³/mol. The molecule has 0 unspecified atom stereocenters. The Bertz CT molecular complexity index is 442. The standard InChI is InChI=1S/C15H23FN2O.ClH/c1-15(2,3)14(18-9-7-17-8-10-18)11-5-4-6-12(16)13(11)19;/h4-6,14,17,19H,7-10H2,1-3H3;1H/t14-;/m0./s1. The van der Waals surface area contributed by atoms with Gasteiger partial charge >= 0.3 is 0 Å². The third-order valence-corrected chi connectivity index (χ3v) is 3.65. The Hall–Kier alpha value is -0.840. The van der Waals surface area contributed by atoms with Gasteiger partial charge in [-0.25, -0.2) is 4.39 Å². The zero-order chi connectivity index (χ0) is 14.0. The van der Waals surface area contributed by atoms with Crippen LogP contribution in [0, 0.1) is 11.2 Å². The van der Waals surface area contributed by atoms with Crippen LogP contribution in [0.2, 0.25) is 0 Å². The van der Waals surface area contributed by atoms with Crippen molar-refractivity contribution in [2.24, 2.45) is 5.41 Å². The highest BCUT2D eigenvalue weighted by Crippen LogP contribution is 2.42. The van der Waals surface area contributed by atoms with Crippen LogP contribution < -0.4 is 5.32 Å². The summed E-state index contributed by atoms with van der Waals surface area (Å²) < 4.78 is 13.6. The Labute approximate surface area is 126 Å². The smallest absolute Gasteiger partial charge is 0.165 e. The van der Waals surface area contributed by atoms with Crippen LogP contribution in [0.3, 0.4) is 0 Å². The van der Waals surface area contributed by atoms with Crippen molar-refractivity contribution in [2.45, 2.75) is 26.8 Å². The fraction of sp³-hybridized carbons (Fsp3) is 0.600. The molecule has 5 heteroatoms. The van der Waals surface area contributed by atoms with E-state index in [9.17, 15) is 9.50 Å². The molecule has 0 amide bonds. The summed E-state index contributed by atoms with van der Waals surface area (Å²) in [5.41, 5.74) is 0.622. The molecule has 1 aromatic carbocycles. The number of phenols is 1. The van der Waals surface area contributed by atoms with Crippen LogP contribution in [0.4, 0.5) is 4.39 Å². The second kappa shape index (κ2) is 6.74. The minimum atomic E-state index is -0.540. The summed E-state index contributed by atoms with van der Waals surface area (Å²) in [6.45, 7) is 10.1. The van der Waals surface area contributed by atoms with Crippen molar-refractivity contribution < 1.29 is 9.50 Å². The molecule has 1 aromatic rings. The van der Waals surface area contributed by atoms with Gasteiger partial charge in [0.05, 0.1) is 0 Å². The number of benzene rings is 1. The number of hydrogen-bond acceptors (Lipinski definition) is 3. The van der Waals surface area contributed by atoms with Crippen molar-refractivity contribution in [3.8, 4) is 5.75 Å². The average Bonchev–Trinajstić information content (AvgIpc) is 2.35. The summed E-state index contributed by atoms with van der Waals surface area (Å²) in [6.07, 6.45) is 0. The van der Waals surface area contributed by atoms with E-state index in [1.807, 2.05) is 6.07 Å². The zero-order valence-corrected chi connectivity index (χ0v) is 13.1. The Kier molecular flexibility index (Phi) is 5.80. The van der Waals surface area contributed by atoms with Gasteiger partial charge in [0.15, 0.2) is 11.6 Å². The zero-order valence-electron chi connectivity index (χ0n) is 12.3. The Morgan fingerprint density at radius 3 is 2.40 bits per heavy atom. The molecular formula is C15H24ClFN2O. The third-order valence-electron chi connectivity index (χ3n) is 3.65. The lowest BCUT2D eigenvalue weighted by atomic mass is 9.80. The van der Waals surface area contributed by atoms with Gasteiger partial charge in [0.1, 0.15) is 0 Å². The predicted octanol–water partition coefficient (Wildman–Crippen LogP) is 2.95. The first-order valence-corrected chi connectivity index (χ1v) is 6.83. The fourth-order valence-corrected chi connectivity index (χ4v) is 2.90. The third kappa shape index (κ3) is 3.62. The average molecular weight is 303 g/mol. The van der Waals surface area contributed by atoms with Gasteiger partial charge in [-0.05, 0) is 11.5 Å². The lowest BCUT2D eigenvalue weighted by molar-refractivity contribution is 0.0838. The van der Waals surface area contributed by atoms with E-state index in [1.165, 1.54) is 6.07 Å². The largest absolute Gasteiger partial charge is 0.505 e. The number of hydrogen-bond donors (Lipinski definition) is 2. The molecule has 0 aliphatic carbocycles. The van der Waals surface area contributed by atoms with Crippen molar-refractivity contribution in [3.05, 3.63) is 29.6 Å². The molecule has 0 bridgehead atoms. The van der Waals surface area contributed by atoms with Crippen LogP contribution in [-0.2, 0) is 0 Å². The van der Waals surface area contributed by atoms with Gasteiger partial charge in [0, 0.05) is 37.8 Å². The molecule has 1 heterocycles. The summed E-state index contributed by atoms with van der Waals surface area (Å²) >= 11 is 0. The van der Waals surface area contributed by atoms with Gasteiger partial charge in [-0.2, -0.15) is 0 Å². The van der Waals surface area contributed by atoms with Crippen molar-refractivity contribution in [3.63, 3.8) is 0 Å². The molecule has 2 N–H and O–H groups in total. The molecule has 0 radical (unpaired) electrons. The lowest BCUT2D eigenvalue weighted by Crippen LogP contribution is -2.48. The molecular weight excluding hydrogens is 279 g/mol. The van der Waals surface area contributed by atoms with E-state index in [4.69, 9.17) is 0 Å². The summed E-state index contributed by atoms with van der Waals surface area (Å²) in [5.74, 6) is -0.747. The Morgan fingerprint density at radius 2 is 1.85 bits per heavy atom. The number of para-hydroxylation sites is 1. The highest BCUT2D eigenvalue weighted by molar-refractivity contribution is 5.85. The maximum Gasteiger partial charge on any atom is 0.165 e. The summed E-state index contributed by atoms with van der Waals surface area (Å²) in [7, 11) is 0. The van der Waals surface area contributed by atoms with Crippen LogP contribution in [0.15, 0.2) is 18.2 Å². The molecule has 1 saturated heterocycles. The number of nitrogens with zero attached hydrogens (tertiary/aromatic N) is 1. The number of piperazine rings is 1. The second-order valence-corrected chi connectivity index (χ2v) is 6.23. The van der Waals surface area contributed by atoms with Gasteiger partial charge in [-0.15, -0.1) is 12.4 Å². The van der Waals surface area contributed by atoms with Crippen LogP contribution in [-0.4, -0.2) is 36.2 Å². The molecule has 3 nitrogen and oxygen atoms in total. The minimum Gasteiger partial charge on any atom is -0.505 e. The quantitative estimate of drug-likeness (QED) is 0.882. The first-order valence-electron chi connectivity index (χ1n) is 6.83. The van der Waals surface area contributed by atoms with Gasteiger partial charge in [-0.3, -0.25) is 4.90 Å². The number of rotatable bonds is 2. The first-order chi connectivity index (χ1) is 8.91. The van der Waals surface area contributed by atoms with Crippen molar-refractivity contribution >= 4 is 12.4 Å². The monoisotopic (exact) mass is 302 g/mol. The van der Waals surface area contributed by atoms with E-state index >= 15 is 0 Å². The molecule has 1 fully saturated rings. The van der Waals surface area contributed by atoms with Crippen molar-refractivity contribution in [1.29, 1.82) is 0 Å². The van der Waals surface area contributed by atoms with E-state index in [2.05, 4.69) is 31.0 Å². The fourth-order valence-electron chi connectivity index (χ4n) is 2.90. The number of aromatic hydroxyl groups is 1. The first kappa shape index (κ1) is 17.2. The molecule has 1 aliphatic heterocycles. The van der Waals surface area contributed by atoms with Crippen LogP contribution in [0.1, 0.15) is 32.4 Å². The summed E-state index contributed by atoms with van der Waals surface area (Å²) in [6, 6.07) is 4.82. The Balaban J connectivity index is 0.00000200. The van der Waals surface area contributed by atoms with Crippen LogP contribution >= 0.6 is 12.4 Å². The van der Waals surface area contributed by atoms with Gasteiger partial charge < -0.3 is 10.4 Å². The van der Waals surface area contributed by atoms with Gasteiger partial charge in [0.25, 0.3) is 0 Å². The summed E-state index contributed by atoms with van der Waals surface area (Å²) in [4.78, 5) is 2.32. The van der Waals surface area contributed by atoms with Crippen molar-refractivity contribution in [2.75, 3.05) is 26.2 Å². The van der Waals surface area contributed by atoms with E-state index < -0.39 is 5.82 Å². The molecule has 0 aromatic heterocycles. The maximum absolute atomic E-state index is 13.6. The van der Waals surface area contributed by atoms with Gasteiger partial charge in [0.2, 0.25) is 0 Å².